The lowest BCUT2D eigenvalue weighted by Gasteiger charge is -2.14. The topological polar surface area (TPSA) is 96.4 Å². The van der Waals surface area contributed by atoms with Crippen LogP contribution >= 0.6 is 11.3 Å². The van der Waals surface area contributed by atoms with Crippen molar-refractivity contribution in [3.63, 3.8) is 0 Å². The number of nitrogen functional groups attached to an aromatic ring is 1. The molecule has 118 valence electrons. The number of nitrogens with two attached hydrogens (primary N) is 1. The molecule has 0 radical (unpaired) electrons. The Balaban J connectivity index is 2.10. The van der Waals surface area contributed by atoms with Gasteiger partial charge in [-0.2, -0.15) is 0 Å². The molecule has 0 aliphatic rings. The van der Waals surface area contributed by atoms with Crippen molar-refractivity contribution >= 4 is 33.2 Å². The van der Waals surface area contributed by atoms with E-state index in [1.165, 1.54) is 0 Å². The number of benzene rings is 1. The fraction of sp³-hybridized carbons (Fsp3) is 0.176. The Kier molecular flexibility index (Phi) is 4.02. The number of rotatable bonds is 4. The molecule has 3 rings (SSSR count). The third-order valence-electron chi connectivity index (χ3n) is 3.68. The number of aliphatic hydroxyl groups is 1. The quantitative estimate of drug-likeness (QED) is 0.683. The molecule has 1 atom stereocenters. The van der Waals surface area contributed by atoms with E-state index in [9.17, 15) is 15.0 Å². The number of aryl methyl sites for hydroxylation is 1. The van der Waals surface area contributed by atoms with Gasteiger partial charge < -0.3 is 15.9 Å². The van der Waals surface area contributed by atoms with Gasteiger partial charge in [0.05, 0.1) is 11.8 Å². The fourth-order valence-corrected chi connectivity index (χ4v) is 3.66. The predicted molar refractivity (Wildman–Crippen MR) is 90.8 cm³/mol. The second-order valence-electron chi connectivity index (χ2n) is 5.39. The number of nitrogens with zero attached hydrogens (tertiary/aromatic N) is 1. The largest absolute Gasteiger partial charge is 0.477 e. The van der Waals surface area contributed by atoms with Crippen LogP contribution in [0.3, 0.4) is 0 Å². The summed E-state index contributed by atoms with van der Waals surface area (Å²) < 4.78 is 0. The highest BCUT2D eigenvalue weighted by Gasteiger charge is 2.22. The summed E-state index contributed by atoms with van der Waals surface area (Å²) >= 11 is 1.04. The van der Waals surface area contributed by atoms with E-state index in [0.717, 1.165) is 22.6 Å². The molecule has 0 saturated heterocycles. The highest BCUT2D eigenvalue weighted by Crippen LogP contribution is 2.38. The van der Waals surface area contributed by atoms with Crippen molar-refractivity contribution in [1.29, 1.82) is 0 Å². The second-order valence-corrected chi connectivity index (χ2v) is 6.39. The lowest BCUT2D eigenvalue weighted by molar-refractivity contribution is 0.0703. The maximum absolute atomic E-state index is 11.3. The maximum atomic E-state index is 11.3. The molecule has 1 unspecified atom stereocenters. The van der Waals surface area contributed by atoms with Crippen LogP contribution < -0.4 is 5.73 Å². The molecule has 23 heavy (non-hydrogen) atoms. The number of thiophene rings is 1. The Labute approximate surface area is 137 Å². The van der Waals surface area contributed by atoms with Crippen LogP contribution in [-0.2, 0) is 6.42 Å². The molecule has 0 spiro atoms. The first kappa shape index (κ1) is 15.5. The van der Waals surface area contributed by atoms with E-state index in [0.29, 0.717) is 22.2 Å². The number of anilines is 1. The van der Waals surface area contributed by atoms with Gasteiger partial charge in [0, 0.05) is 17.5 Å². The minimum absolute atomic E-state index is 0.0614. The SMILES string of the molecule is Cc1cc(C(O)Cc2ccccc2)c2c(N)c(C(=O)O)sc2n1. The van der Waals surface area contributed by atoms with Gasteiger partial charge in [0.2, 0.25) is 0 Å². The van der Waals surface area contributed by atoms with Gasteiger partial charge in [-0.15, -0.1) is 11.3 Å². The summed E-state index contributed by atoms with van der Waals surface area (Å²) in [6.07, 6.45) is -0.350. The molecule has 0 amide bonds. The van der Waals surface area contributed by atoms with E-state index in [2.05, 4.69) is 4.98 Å². The van der Waals surface area contributed by atoms with Crippen LogP contribution in [0, 0.1) is 6.92 Å². The van der Waals surface area contributed by atoms with Gasteiger partial charge >= 0.3 is 5.97 Å². The predicted octanol–water partition coefficient (Wildman–Crippen LogP) is 3.16. The van der Waals surface area contributed by atoms with Gasteiger partial charge in [0.15, 0.2) is 0 Å². The maximum Gasteiger partial charge on any atom is 0.348 e. The fourth-order valence-electron chi connectivity index (χ4n) is 2.65. The number of fused-ring (bicyclic) bond motifs is 1. The van der Waals surface area contributed by atoms with Gasteiger partial charge in [-0.3, -0.25) is 0 Å². The average Bonchev–Trinajstić information content (AvgIpc) is 2.84. The van der Waals surface area contributed by atoms with Crippen LogP contribution in [0.25, 0.3) is 10.2 Å². The molecule has 0 bridgehead atoms. The molecule has 0 aliphatic carbocycles. The smallest absolute Gasteiger partial charge is 0.348 e. The molecule has 0 saturated carbocycles. The van der Waals surface area contributed by atoms with Crippen LogP contribution in [0.2, 0.25) is 0 Å². The minimum Gasteiger partial charge on any atom is -0.477 e. The molecule has 2 aromatic heterocycles. The van der Waals surface area contributed by atoms with Crippen LogP contribution in [0.5, 0.6) is 0 Å². The molecule has 5 nitrogen and oxygen atoms in total. The van der Waals surface area contributed by atoms with Crippen molar-refractivity contribution in [2.24, 2.45) is 0 Å². The van der Waals surface area contributed by atoms with Crippen molar-refractivity contribution in [3.8, 4) is 0 Å². The highest BCUT2D eigenvalue weighted by molar-refractivity contribution is 7.21. The lowest BCUT2D eigenvalue weighted by atomic mass is 9.98. The van der Waals surface area contributed by atoms with E-state index in [1.54, 1.807) is 6.07 Å². The van der Waals surface area contributed by atoms with Crippen molar-refractivity contribution in [2.45, 2.75) is 19.4 Å². The van der Waals surface area contributed by atoms with Crippen LogP contribution in [0.15, 0.2) is 36.4 Å². The number of aliphatic hydroxyl groups excluding tert-OH is 1. The molecular formula is C17H16N2O3S. The van der Waals surface area contributed by atoms with Gasteiger partial charge in [0.25, 0.3) is 0 Å². The Bertz CT molecular complexity index is 874. The van der Waals surface area contributed by atoms with E-state index < -0.39 is 12.1 Å². The standard InChI is InChI=1S/C17H16N2O3S/c1-9-7-11(12(20)8-10-5-3-2-4-6-10)13-14(18)15(17(21)22)23-16(13)19-9/h2-7,12,20H,8,18H2,1H3,(H,21,22). The summed E-state index contributed by atoms with van der Waals surface area (Å²) in [5, 5.41) is 20.4. The lowest BCUT2D eigenvalue weighted by Crippen LogP contribution is -2.05. The highest BCUT2D eigenvalue weighted by atomic mass is 32.1. The first-order chi connectivity index (χ1) is 11.0. The van der Waals surface area contributed by atoms with Crippen molar-refractivity contribution in [2.75, 3.05) is 5.73 Å². The number of carbonyl (C=O) groups is 1. The van der Waals surface area contributed by atoms with Crippen LogP contribution in [-0.4, -0.2) is 21.2 Å². The number of carboxylic acids is 1. The number of aromatic carboxylic acids is 1. The van der Waals surface area contributed by atoms with Gasteiger partial charge in [-0.1, -0.05) is 30.3 Å². The summed E-state index contributed by atoms with van der Waals surface area (Å²) in [4.78, 5) is 16.2. The van der Waals surface area contributed by atoms with Gasteiger partial charge in [-0.25, -0.2) is 9.78 Å². The van der Waals surface area contributed by atoms with E-state index in [-0.39, 0.29) is 10.6 Å². The molecular weight excluding hydrogens is 312 g/mol. The number of hydrogen-bond acceptors (Lipinski definition) is 5. The third-order valence-corrected chi connectivity index (χ3v) is 4.77. The summed E-state index contributed by atoms with van der Waals surface area (Å²) in [5.74, 6) is -1.08. The summed E-state index contributed by atoms with van der Waals surface area (Å²) in [6, 6.07) is 11.4. The van der Waals surface area contributed by atoms with Crippen molar-refractivity contribution in [1.82, 2.24) is 4.98 Å². The molecule has 3 aromatic rings. The first-order valence-corrected chi connectivity index (χ1v) is 7.94. The summed E-state index contributed by atoms with van der Waals surface area (Å²) in [6.45, 7) is 1.81. The molecule has 1 aromatic carbocycles. The summed E-state index contributed by atoms with van der Waals surface area (Å²) in [5.41, 5.74) is 8.51. The normalized spacial score (nSPS) is 12.4. The minimum atomic E-state index is -1.08. The third kappa shape index (κ3) is 2.91. The van der Waals surface area contributed by atoms with E-state index in [1.807, 2.05) is 37.3 Å². The molecule has 2 heterocycles. The Morgan fingerprint density at radius 1 is 1.35 bits per heavy atom. The average molecular weight is 328 g/mol. The zero-order valence-corrected chi connectivity index (χ0v) is 13.3. The Morgan fingerprint density at radius 2 is 2.04 bits per heavy atom. The first-order valence-electron chi connectivity index (χ1n) is 7.12. The van der Waals surface area contributed by atoms with Crippen LogP contribution in [0.4, 0.5) is 5.69 Å². The van der Waals surface area contributed by atoms with Crippen LogP contribution in [0.1, 0.15) is 32.6 Å². The van der Waals surface area contributed by atoms with Crippen molar-refractivity contribution < 1.29 is 15.0 Å². The molecule has 0 fully saturated rings. The molecule has 0 aliphatic heterocycles. The zero-order chi connectivity index (χ0) is 16.6. The van der Waals surface area contributed by atoms with E-state index >= 15 is 0 Å². The number of aromatic nitrogens is 1. The number of carboxylic acid groups (broad SMARTS) is 1. The van der Waals surface area contributed by atoms with Crippen molar-refractivity contribution in [3.05, 3.63) is 58.1 Å². The monoisotopic (exact) mass is 328 g/mol. The second kappa shape index (κ2) is 5.98. The van der Waals surface area contributed by atoms with E-state index in [4.69, 9.17) is 5.73 Å². The zero-order valence-electron chi connectivity index (χ0n) is 12.5. The number of hydrogen-bond donors (Lipinski definition) is 3. The molecule has 6 heteroatoms. The van der Waals surface area contributed by atoms with Gasteiger partial charge in [-0.05, 0) is 24.1 Å². The Hall–Kier alpha value is -2.44. The van der Waals surface area contributed by atoms with Gasteiger partial charge in [0.1, 0.15) is 9.71 Å². The summed E-state index contributed by atoms with van der Waals surface area (Å²) in [7, 11) is 0. The molecule has 4 N–H and O–H groups in total. The number of pyridine rings is 1. The Morgan fingerprint density at radius 3 is 2.70 bits per heavy atom.